The van der Waals surface area contributed by atoms with E-state index in [4.69, 9.17) is 18.9 Å². The lowest BCUT2D eigenvalue weighted by Crippen LogP contribution is -2.40. The molecule has 0 bridgehead atoms. The van der Waals surface area contributed by atoms with Crippen LogP contribution >= 0.6 is 0 Å². The number of hydrogen-bond acceptors (Lipinski definition) is 12. The van der Waals surface area contributed by atoms with Gasteiger partial charge in [0.15, 0.2) is 11.5 Å². The molecule has 0 unspecified atom stereocenters. The molecule has 266 valence electrons. The molecule has 51 heavy (non-hydrogen) atoms. The van der Waals surface area contributed by atoms with Crippen molar-refractivity contribution in [2.45, 2.75) is 38.1 Å². The average Bonchev–Trinajstić information content (AvgIpc) is 3.08. The van der Waals surface area contributed by atoms with Crippen molar-refractivity contribution in [1.82, 2.24) is 24.7 Å². The Morgan fingerprint density at radius 1 is 0.765 bits per heavy atom. The molecule has 3 aromatic carbocycles. The predicted molar refractivity (Wildman–Crippen MR) is 197 cm³/mol. The lowest BCUT2D eigenvalue weighted by Gasteiger charge is -2.20. The molecule has 0 spiro atoms. The van der Waals surface area contributed by atoms with Gasteiger partial charge >= 0.3 is 0 Å². The fourth-order valence-corrected chi connectivity index (χ4v) is 6.23. The third kappa shape index (κ3) is 10.3. The minimum absolute atomic E-state index is 0.144. The number of methoxy groups -OCH3 is 2. The first-order chi connectivity index (χ1) is 24.4. The highest BCUT2D eigenvalue weighted by molar-refractivity contribution is 7.89. The van der Waals surface area contributed by atoms with Gasteiger partial charge in [-0.15, -0.1) is 0 Å². The van der Waals surface area contributed by atoms with Crippen molar-refractivity contribution in [3.63, 3.8) is 0 Å². The molecule has 0 atom stereocenters. The standard InChI is InChI=1S/C37H41N7O6S/c1-25-23-38-34(43-35(25)41-28-11-8-12-29(20-28)51(45,46)44-37(2,3)4)14-13-26-9-7-10-27(19-26)42-36-30-21-32(49-17-15-47-5)33(50-18-16-48-6)22-31(30)39-24-40-36/h7-12,19-24,44H,15-18H2,1-6H3,(H,38,41,43)(H,39,40,42). The van der Waals surface area contributed by atoms with Crippen molar-refractivity contribution >= 4 is 43.9 Å². The van der Waals surface area contributed by atoms with E-state index in [9.17, 15) is 8.42 Å². The minimum atomic E-state index is -3.71. The second-order valence-electron chi connectivity index (χ2n) is 12.4. The van der Waals surface area contributed by atoms with Gasteiger partial charge in [0.05, 0.1) is 23.6 Å². The van der Waals surface area contributed by atoms with Crippen LogP contribution in [-0.4, -0.2) is 74.5 Å². The summed E-state index contributed by atoms with van der Waals surface area (Å²) in [5, 5.41) is 7.32. The smallest absolute Gasteiger partial charge is 0.241 e. The molecule has 14 heteroatoms. The van der Waals surface area contributed by atoms with Gasteiger partial charge in [0, 0.05) is 59.9 Å². The Bertz CT molecular complexity index is 2160. The number of nitrogens with zero attached hydrogens (tertiary/aromatic N) is 4. The van der Waals surface area contributed by atoms with Crippen LogP contribution in [0.25, 0.3) is 10.9 Å². The molecule has 0 aliphatic carbocycles. The van der Waals surface area contributed by atoms with Gasteiger partial charge in [-0.25, -0.2) is 33.1 Å². The van der Waals surface area contributed by atoms with Crippen LogP contribution in [0.15, 0.2) is 78.1 Å². The number of sulfonamides is 1. The molecule has 3 N–H and O–H groups in total. The zero-order chi connectivity index (χ0) is 36.4. The second kappa shape index (κ2) is 16.6. The van der Waals surface area contributed by atoms with E-state index in [-0.39, 0.29) is 4.90 Å². The van der Waals surface area contributed by atoms with E-state index in [0.717, 1.165) is 22.2 Å². The van der Waals surface area contributed by atoms with Gasteiger partial charge in [-0.3, -0.25) is 0 Å². The van der Waals surface area contributed by atoms with Crippen molar-refractivity contribution in [2.24, 2.45) is 0 Å². The largest absolute Gasteiger partial charge is 0.487 e. The van der Waals surface area contributed by atoms with E-state index in [2.05, 4.69) is 47.1 Å². The number of ether oxygens (including phenoxy) is 4. The number of aromatic nitrogens is 4. The summed E-state index contributed by atoms with van der Waals surface area (Å²) in [5.74, 6) is 8.64. The number of rotatable bonds is 14. The van der Waals surface area contributed by atoms with Crippen molar-refractivity contribution in [3.8, 4) is 23.3 Å². The Hall–Kier alpha value is -5.33. The van der Waals surface area contributed by atoms with Crippen molar-refractivity contribution in [2.75, 3.05) is 51.3 Å². The molecule has 2 heterocycles. The van der Waals surface area contributed by atoms with Crippen molar-refractivity contribution in [3.05, 3.63) is 90.1 Å². The van der Waals surface area contributed by atoms with Crippen LogP contribution in [0, 0.1) is 18.8 Å². The molecule has 0 fully saturated rings. The van der Waals surface area contributed by atoms with Crippen LogP contribution in [-0.2, 0) is 19.5 Å². The van der Waals surface area contributed by atoms with Gasteiger partial charge in [-0.1, -0.05) is 18.1 Å². The molecular formula is C37H41N7O6S. The Morgan fingerprint density at radius 3 is 2.14 bits per heavy atom. The van der Waals surface area contributed by atoms with Crippen LogP contribution in [0.4, 0.5) is 23.0 Å². The molecule has 0 saturated heterocycles. The van der Waals surface area contributed by atoms with Gasteiger partial charge in [-0.2, -0.15) is 0 Å². The monoisotopic (exact) mass is 711 g/mol. The average molecular weight is 712 g/mol. The predicted octanol–water partition coefficient (Wildman–Crippen LogP) is 5.74. The van der Waals surface area contributed by atoms with E-state index >= 15 is 0 Å². The molecule has 5 aromatic rings. The normalized spacial score (nSPS) is 11.5. The molecule has 0 aliphatic rings. The summed E-state index contributed by atoms with van der Waals surface area (Å²) in [6, 6.07) is 17.8. The van der Waals surface area contributed by atoms with Crippen LogP contribution in [0.2, 0.25) is 0 Å². The van der Waals surface area contributed by atoms with Crippen LogP contribution in [0.5, 0.6) is 11.5 Å². The second-order valence-corrected chi connectivity index (χ2v) is 14.1. The zero-order valence-electron chi connectivity index (χ0n) is 29.4. The van der Waals surface area contributed by atoms with Gasteiger partial charge in [0.2, 0.25) is 15.8 Å². The maximum atomic E-state index is 12.9. The van der Waals surface area contributed by atoms with Crippen LogP contribution in [0.1, 0.15) is 37.7 Å². The Morgan fingerprint density at radius 2 is 1.43 bits per heavy atom. The Labute approximate surface area is 298 Å². The lowest BCUT2D eigenvalue weighted by atomic mass is 10.1. The Kier molecular flexibility index (Phi) is 12.0. The summed E-state index contributed by atoms with van der Waals surface area (Å²) in [6.45, 7) is 8.78. The topological polar surface area (TPSA) is 159 Å². The summed E-state index contributed by atoms with van der Waals surface area (Å²) in [7, 11) is -0.486. The maximum Gasteiger partial charge on any atom is 0.241 e. The molecule has 5 rings (SSSR count). The van der Waals surface area contributed by atoms with E-state index < -0.39 is 15.6 Å². The third-order valence-corrected chi connectivity index (χ3v) is 8.81. The van der Waals surface area contributed by atoms with E-state index in [1.165, 1.54) is 6.33 Å². The number of anilines is 4. The van der Waals surface area contributed by atoms with Gasteiger partial charge in [-0.05, 0) is 76.1 Å². The Balaban J connectivity index is 1.35. The maximum absolute atomic E-state index is 12.9. The highest BCUT2D eigenvalue weighted by Crippen LogP contribution is 2.35. The van der Waals surface area contributed by atoms with Gasteiger partial charge < -0.3 is 29.6 Å². The van der Waals surface area contributed by atoms with Crippen LogP contribution in [0.3, 0.4) is 0 Å². The molecule has 2 aromatic heterocycles. The van der Waals surface area contributed by atoms with E-state index in [0.29, 0.717) is 66.6 Å². The summed E-state index contributed by atoms with van der Waals surface area (Å²) in [5.41, 5.74) is 2.86. The highest BCUT2D eigenvalue weighted by atomic mass is 32.2. The van der Waals surface area contributed by atoms with Gasteiger partial charge in [0.25, 0.3) is 0 Å². The number of hydrogen-bond donors (Lipinski definition) is 3. The fourth-order valence-electron chi connectivity index (χ4n) is 4.77. The molecule has 0 amide bonds. The summed E-state index contributed by atoms with van der Waals surface area (Å²) < 4.78 is 50.6. The van der Waals surface area contributed by atoms with Crippen molar-refractivity contribution in [1.29, 1.82) is 0 Å². The molecule has 0 radical (unpaired) electrons. The minimum Gasteiger partial charge on any atom is -0.487 e. The molecule has 0 saturated carbocycles. The van der Waals surface area contributed by atoms with Crippen molar-refractivity contribution < 1.29 is 27.4 Å². The SMILES string of the molecule is COCCOc1cc2ncnc(Nc3cccc(C#Cc4ncc(C)c(Nc5cccc(S(=O)(=O)NC(C)(C)C)c5)n4)c3)c2cc1OCCOC. The summed E-state index contributed by atoms with van der Waals surface area (Å²) in [4.78, 5) is 18.1. The quantitative estimate of drug-likeness (QED) is 0.0949. The van der Waals surface area contributed by atoms with Crippen LogP contribution < -0.4 is 24.8 Å². The number of aryl methyl sites for hydroxylation is 1. The first kappa shape index (κ1) is 36.9. The molecule has 0 aliphatic heterocycles. The third-order valence-electron chi connectivity index (χ3n) is 7.05. The van der Waals surface area contributed by atoms with E-state index in [1.54, 1.807) is 65.5 Å². The fraction of sp³-hybridized carbons (Fsp3) is 0.297. The highest BCUT2D eigenvalue weighted by Gasteiger charge is 2.22. The summed E-state index contributed by atoms with van der Waals surface area (Å²) >= 11 is 0. The first-order valence-electron chi connectivity index (χ1n) is 16.1. The zero-order valence-corrected chi connectivity index (χ0v) is 30.2. The lowest BCUT2D eigenvalue weighted by molar-refractivity contribution is 0.132. The number of benzene rings is 3. The molecular weight excluding hydrogens is 671 g/mol. The molecule has 13 nitrogen and oxygen atoms in total. The van der Waals surface area contributed by atoms with E-state index in [1.807, 2.05) is 43.3 Å². The first-order valence-corrected chi connectivity index (χ1v) is 17.6. The number of fused-ring (bicyclic) bond motifs is 1. The van der Waals surface area contributed by atoms with Gasteiger partial charge in [0.1, 0.15) is 31.2 Å². The number of nitrogens with one attached hydrogen (secondary N) is 3. The summed E-state index contributed by atoms with van der Waals surface area (Å²) in [6.07, 6.45) is 3.15.